The Morgan fingerprint density at radius 3 is 1.25 bits per heavy atom. The average molecular weight is 1010 g/mol. The van der Waals surface area contributed by atoms with Gasteiger partial charge in [0.15, 0.2) is 6.29 Å². The molecule has 71 heavy (non-hydrogen) atoms. The number of hydrogen-bond donors (Lipinski definition) is 8. The number of allylic oxidation sites excluding steroid dienone is 6. The van der Waals surface area contributed by atoms with Crippen molar-refractivity contribution in [2.24, 2.45) is 0 Å². The third kappa shape index (κ3) is 37.7. The highest BCUT2D eigenvalue weighted by atomic mass is 16.7. The van der Waals surface area contributed by atoms with Gasteiger partial charge in [0.25, 0.3) is 0 Å². The normalized spacial score (nSPS) is 20.4. The Morgan fingerprint density at radius 2 is 0.845 bits per heavy atom. The zero-order valence-electron chi connectivity index (χ0n) is 45.7. The van der Waals surface area contributed by atoms with Gasteiger partial charge in [0.1, 0.15) is 36.6 Å². The minimum Gasteiger partial charge on any atom is -0.394 e. The molecule has 0 aromatic heterocycles. The van der Waals surface area contributed by atoms with Crippen LogP contribution in [-0.4, -0.2) is 110 Å². The molecule has 1 aliphatic heterocycles. The highest BCUT2D eigenvalue weighted by Gasteiger charge is 2.44. The second kappa shape index (κ2) is 49.2. The van der Waals surface area contributed by atoms with E-state index in [1.165, 1.54) is 180 Å². The molecule has 8 N–H and O–H groups in total. The summed E-state index contributed by atoms with van der Waals surface area (Å²) in [5, 5.41) is 76.1. The zero-order chi connectivity index (χ0) is 51.8. The molecule has 1 saturated heterocycles. The van der Waals surface area contributed by atoms with Crippen molar-refractivity contribution >= 4 is 5.91 Å². The van der Waals surface area contributed by atoms with Crippen LogP contribution in [0.15, 0.2) is 36.5 Å². The molecular weight excluding hydrogens is 895 g/mol. The van der Waals surface area contributed by atoms with Crippen molar-refractivity contribution in [1.82, 2.24) is 5.32 Å². The van der Waals surface area contributed by atoms with Gasteiger partial charge in [-0.15, -0.1) is 0 Å². The van der Waals surface area contributed by atoms with E-state index < -0.39 is 74.2 Å². The molecule has 1 amide bonds. The number of ether oxygens (including phenoxy) is 2. The standard InChI is InChI=1S/C60H113NO10/c1-3-5-7-9-11-13-15-17-19-21-23-25-26-27-28-30-32-34-36-38-40-42-44-46-48-53(64)59(69)61-51(50-70-60-58(68)57(67)56(66)54(49-62)71-60)55(65)52(63)47-45-43-41-39-37-35-33-31-29-24-22-20-18-16-14-12-10-8-6-4-2/h27-28,31,33,39,41,51-58,60,62-68H,3-26,29-30,32,34-38,40,42-50H2,1-2H3,(H,61,69)/b28-27-,33-31+,41-39+. The first kappa shape index (κ1) is 67.3. The van der Waals surface area contributed by atoms with Gasteiger partial charge in [-0.05, 0) is 77.0 Å². The van der Waals surface area contributed by atoms with Crippen LogP contribution in [0.1, 0.15) is 271 Å². The number of carbonyl (C=O) groups is 1. The lowest BCUT2D eigenvalue weighted by molar-refractivity contribution is -0.303. The van der Waals surface area contributed by atoms with Gasteiger partial charge in [-0.3, -0.25) is 4.79 Å². The second-order valence-corrected chi connectivity index (χ2v) is 21.0. The molecule has 11 nitrogen and oxygen atoms in total. The number of carbonyl (C=O) groups excluding carboxylic acids is 1. The summed E-state index contributed by atoms with van der Waals surface area (Å²) in [5.74, 6) is -0.711. The Bertz CT molecular complexity index is 1250. The van der Waals surface area contributed by atoms with Gasteiger partial charge in [0.05, 0.1) is 25.4 Å². The molecule has 1 rings (SSSR count). The molecule has 0 aliphatic carbocycles. The fourth-order valence-corrected chi connectivity index (χ4v) is 9.51. The van der Waals surface area contributed by atoms with Crippen LogP contribution in [0.2, 0.25) is 0 Å². The number of unbranched alkanes of at least 4 members (excludes halogenated alkanes) is 33. The van der Waals surface area contributed by atoms with Crippen molar-refractivity contribution < 1.29 is 50.0 Å². The number of rotatable bonds is 51. The first-order valence-corrected chi connectivity index (χ1v) is 29.9. The van der Waals surface area contributed by atoms with E-state index in [4.69, 9.17) is 9.47 Å². The number of amides is 1. The number of hydrogen-bond acceptors (Lipinski definition) is 10. The van der Waals surface area contributed by atoms with Crippen LogP contribution >= 0.6 is 0 Å². The van der Waals surface area contributed by atoms with Gasteiger partial charge in [-0.2, -0.15) is 0 Å². The van der Waals surface area contributed by atoms with Crippen molar-refractivity contribution in [2.75, 3.05) is 13.2 Å². The van der Waals surface area contributed by atoms with Gasteiger partial charge in [0.2, 0.25) is 5.91 Å². The van der Waals surface area contributed by atoms with Crippen molar-refractivity contribution in [3.05, 3.63) is 36.5 Å². The third-order valence-electron chi connectivity index (χ3n) is 14.4. The average Bonchev–Trinajstić information content (AvgIpc) is 3.37. The summed E-state index contributed by atoms with van der Waals surface area (Å²) >= 11 is 0. The Labute approximate surface area is 435 Å². The van der Waals surface area contributed by atoms with Crippen molar-refractivity contribution in [2.45, 2.75) is 326 Å². The molecule has 9 atom stereocenters. The molecule has 1 fully saturated rings. The molecule has 0 radical (unpaired) electrons. The SMILES string of the molecule is CCCCCCCCCCCCC/C=C/CC/C=C/CCCC(O)C(O)C(COC1OC(CO)C(O)C(O)C1O)NC(=O)C(O)CCCCCCCCCC/C=C\CCCCCCCCCCCCCC. The lowest BCUT2D eigenvalue weighted by Crippen LogP contribution is -2.60. The van der Waals surface area contributed by atoms with E-state index in [-0.39, 0.29) is 12.8 Å². The molecule has 0 aromatic rings. The Balaban J connectivity index is 2.33. The molecule has 9 unspecified atom stereocenters. The fourth-order valence-electron chi connectivity index (χ4n) is 9.51. The quantitative estimate of drug-likeness (QED) is 0.0215. The molecule has 0 saturated carbocycles. The van der Waals surface area contributed by atoms with Crippen LogP contribution in [0.4, 0.5) is 0 Å². The summed E-state index contributed by atoms with van der Waals surface area (Å²) < 4.78 is 11.1. The first-order chi connectivity index (χ1) is 34.7. The maximum atomic E-state index is 13.2. The number of aliphatic hydroxyl groups is 7. The summed E-state index contributed by atoms with van der Waals surface area (Å²) in [6, 6.07) is -1.19. The topological polar surface area (TPSA) is 189 Å². The Hall–Kier alpha value is -1.67. The van der Waals surface area contributed by atoms with Crippen LogP contribution in [0, 0.1) is 0 Å². The lowest BCUT2D eigenvalue weighted by atomic mass is 9.98. The fraction of sp³-hybridized carbons (Fsp3) is 0.883. The molecule has 418 valence electrons. The number of nitrogens with one attached hydrogen (secondary N) is 1. The smallest absolute Gasteiger partial charge is 0.249 e. The van der Waals surface area contributed by atoms with Crippen LogP contribution in [0.3, 0.4) is 0 Å². The summed E-state index contributed by atoms with van der Waals surface area (Å²) in [5.41, 5.74) is 0. The minimum absolute atomic E-state index is 0.246. The zero-order valence-corrected chi connectivity index (χ0v) is 45.7. The lowest BCUT2D eigenvalue weighted by Gasteiger charge is -2.40. The summed E-state index contributed by atoms with van der Waals surface area (Å²) in [4.78, 5) is 13.2. The molecule has 1 heterocycles. The van der Waals surface area contributed by atoms with E-state index in [1.54, 1.807) is 0 Å². The van der Waals surface area contributed by atoms with Gasteiger partial charge >= 0.3 is 0 Å². The van der Waals surface area contributed by atoms with Crippen LogP contribution in [-0.2, 0) is 14.3 Å². The van der Waals surface area contributed by atoms with E-state index in [0.29, 0.717) is 19.3 Å². The van der Waals surface area contributed by atoms with E-state index in [2.05, 4.69) is 55.6 Å². The van der Waals surface area contributed by atoms with Crippen molar-refractivity contribution in [1.29, 1.82) is 0 Å². The Kier molecular flexibility index (Phi) is 46.7. The molecule has 0 aromatic carbocycles. The predicted molar refractivity (Wildman–Crippen MR) is 293 cm³/mol. The maximum absolute atomic E-state index is 13.2. The molecular formula is C60H113NO10. The van der Waals surface area contributed by atoms with E-state index in [1.807, 2.05) is 0 Å². The van der Waals surface area contributed by atoms with Crippen LogP contribution < -0.4 is 5.32 Å². The largest absolute Gasteiger partial charge is 0.394 e. The van der Waals surface area contributed by atoms with E-state index >= 15 is 0 Å². The highest BCUT2D eigenvalue weighted by Crippen LogP contribution is 2.23. The number of aliphatic hydroxyl groups excluding tert-OH is 7. The summed E-state index contributed by atoms with van der Waals surface area (Å²) in [6.45, 7) is 3.46. The van der Waals surface area contributed by atoms with Crippen molar-refractivity contribution in [3.8, 4) is 0 Å². The van der Waals surface area contributed by atoms with Gasteiger partial charge in [-0.1, -0.05) is 230 Å². The first-order valence-electron chi connectivity index (χ1n) is 29.9. The highest BCUT2D eigenvalue weighted by molar-refractivity contribution is 5.80. The predicted octanol–water partition coefficient (Wildman–Crippen LogP) is 12.7. The van der Waals surface area contributed by atoms with Gasteiger partial charge < -0.3 is 50.5 Å². The Morgan fingerprint density at radius 1 is 0.479 bits per heavy atom. The molecule has 11 heteroatoms. The van der Waals surface area contributed by atoms with E-state index in [0.717, 1.165) is 44.9 Å². The monoisotopic (exact) mass is 1010 g/mol. The van der Waals surface area contributed by atoms with Crippen LogP contribution in [0.5, 0.6) is 0 Å². The second-order valence-electron chi connectivity index (χ2n) is 21.0. The molecule has 0 spiro atoms. The third-order valence-corrected chi connectivity index (χ3v) is 14.4. The summed E-state index contributed by atoms with van der Waals surface area (Å²) in [6.07, 6.45) is 49.2. The van der Waals surface area contributed by atoms with E-state index in [9.17, 15) is 40.5 Å². The molecule has 0 bridgehead atoms. The summed E-state index contributed by atoms with van der Waals surface area (Å²) in [7, 11) is 0. The maximum Gasteiger partial charge on any atom is 0.249 e. The van der Waals surface area contributed by atoms with Gasteiger partial charge in [0, 0.05) is 0 Å². The van der Waals surface area contributed by atoms with Gasteiger partial charge in [-0.25, -0.2) is 0 Å². The van der Waals surface area contributed by atoms with Crippen LogP contribution in [0.25, 0.3) is 0 Å². The minimum atomic E-state index is -1.67. The molecule has 1 aliphatic rings. The van der Waals surface area contributed by atoms with Crippen molar-refractivity contribution in [3.63, 3.8) is 0 Å².